The molecule has 0 spiro atoms. The summed E-state index contributed by atoms with van der Waals surface area (Å²) in [6.45, 7) is 0. The van der Waals surface area contributed by atoms with Gasteiger partial charge in [-0.15, -0.1) is 0 Å². The quantitative estimate of drug-likeness (QED) is 0.499. The summed E-state index contributed by atoms with van der Waals surface area (Å²) in [5.41, 5.74) is 2.94. The van der Waals surface area contributed by atoms with Gasteiger partial charge in [0.25, 0.3) is 0 Å². The third-order valence-corrected chi connectivity index (χ3v) is 4.92. The van der Waals surface area contributed by atoms with Crippen molar-refractivity contribution in [2.75, 3.05) is 0 Å². The van der Waals surface area contributed by atoms with Gasteiger partial charge in [-0.2, -0.15) is 0 Å². The lowest BCUT2D eigenvalue weighted by atomic mass is 10.00. The average Bonchev–Trinajstić information content (AvgIpc) is 2.99. The summed E-state index contributed by atoms with van der Waals surface area (Å²) >= 11 is 0. The lowest BCUT2D eigenvalue weighted by Gasteiger charge is -2.02. The normalized spacial score (nSPS) is 13.0. The molecule has 0 fully saturated rings. The molecule has 2 aliphatic rings. The number of rotatable bonds is 1. The zero-order chi connectivity index (χ0) is 17.0. The number of aliphatic hydroxyl groups is 1. The summed E-state index contributed by atoms with van der Waals surface area (Å²) in [5.74, 6) is 0.260. The fourth-order valence-corrected chi connectivity index (χ4v) is 3.74. The maximum Gasteiger partial charge on any atom is 0.186 e. The van der Waals surface area contributed by atoms with Gasteiger partial charge in [0.2, 0.25) is 0 Å². The second-order valence-corrected chi connectivity index (χ2v) is 6.31. The highest BCUT2D eigenvalue weighted by Crippen LogP contribution is 2.41. The van der Waals surface area contributed by atoms with E-state index in [0.717, 1.165) is 43.5 Å². The highest BCUT2D eigenvalue weighted by atomic mass is 16.3. The number of aliphatic hydroxyl groups excluding tert-OH is 1. The molecular formula is C23H14O2. The molecule has 0 aliphatic heterocycles. The molecule has 2 heteroatoms. The number of hydrogen-bond acceptors (Lipinski definition) is 2. The van der Waals surface area contributed by atoms with Crippen LogP contribution in [0.25, 0.3) is 38.4 Å². The standard InChI is InChI=1S/C23H14O2/c24-21-12-11-18-16-10-9-15(23(25)14-5-2-1-3-6-14)13-20(16)17-7-4-8-19(21)22(17)18/h1-13,25H/b23-15-. The summed E-state index contributed by atoms with van der Waals surface area (Å²) in [4.78, 5) is 12.2. The SMILES string of the molecule is O=c1ccc2c3cc/c(=C(/O)c4ccccc4)cc3c3cccc1c3-2. The fourth-order valence-electron chi connectivity index (χ4n) is 3.74. The molecule has 3 aromatic carbocycles. The zero-order valence-electron chi connectivity index (χ0n) is 13.4. The fraction of sp³-hybridized carbons (Fsp3) is 0. The number of benzene rings is 4. The largest absolute Gasteiger partial charge is 0.507 e. The molecule has 3 aromatic rings. The Bertz CT molecular complexity index is 1300. The number of hydrogen-bond donors (Lipinski definition) is 1. The third kappa shape index (κ3) is 1.94. The molecule has 0 saturated carbocycles. The van der Waals surface area contributed by atoms with Crippen LogP contribution in [-0.4, -0.2) is 5.11 Å². The van der Waals surface area contributed by atoms with Crippen molar-refractivity contribution in [2.45, 2.75) is 0 Å². The van der Waals surface area contributed by atoms with E-state index in [-0.39, 0.29) is 11.2 Å². The Morgan fingerprint density at radius 1 is 0.680 bits per heavy atom. The van der Waals surface area contributed by atoms with E-state index < -0.39 is 0 Å². The highest BCUT2D eigenvalue weighted by Gasteiger charge is 2.18. The topological polar surface area (TPSA) is 37.3 Å². The molecule has 25 heavy (non-hydrogen) atoms. The van der Waals surface area contributed by atoms with Crippen LogP contribution in [0.15, 0.2) is 83.7 Å². The van der Waals surface area contributed by atoms with Crippen molar-refractivity contribution in [1.29, 1.82) is 0 Å². The van der Waals surface area contributed by atoms with Gasteiger partial charge in [0.05, 0.1) is 0 Å². The van der Waals surface area contributed by atoms with Gasteiger partial charge in [0.1, 0.15) is 5.76 Å². The molecule has 0 amide bonds. The van der Waals surface area contributed by atoms with E-state index in [1.165, 1.54) is 0 Å². The smallest absolute Gasteiger partial charge is 0.186 e. The van der Waals surface area contributed by atoms with Crippen LogP contribution in [-0.2, 0) is 0 Å². The molecule has 2 aliphatic carbocycles. The first-order valence-corrected chi connectivity index (χ1v) is 8.23. The van der Waals surface area contributed by atoms with Crippen molar-refractivity contribution < 1.29 is 5.11 Å². The van der Waals surface area contributed by atoms with Crippen molar-refractivity contribution in [3.63, 3.8) is 0 Å². The predicted molar refractivity (Wildman–Crippen MR) is 102 cm³/mol. The third-order valence-electron chi connectivity index (χ3n) is 4.92. The van der Waals surface area contributed by atoms with Crippen LogP contribution in [0.4, 0.5) is 0 Å². The van der Waals surface area contributed by atoms with Gasteiger partial charge in [-0.05, 0) is 39.9 Å². The van der Waals surface area contributed by atoms with Crippen LogP contribution in [0.5, 0.6) is 0 Å². The Kier molecular flexibility index (Phi) is 2.83. The van der Waals surface area contributed by atoms with Gasteiger partial charge in [0.15, 0.2) is 5.43 Å². The molecular weight excluding hydrogens is 308 g/mol. The van der Waals surface area contributed by atoms with E-state index in [0.29, 0.717) is 0 Å². The van der Waals surface area contributed by atoms with Gasteiger partial charge in [-0.25, -0.2) is 0 Å². The van der Waals surface area contributed by atoms with Crippen molar-refractivity contribution in [3.05, 3.63) is 99.9 Å². The molecule has 0 saturated heterocycles. The monoisotopic (exact) mass is 322 g/mol. The van der Waals surface area contributed by atoms with E-state index >= 15 is 0 Å². The van der Waals surface area contributed by atoms with Crippen molar-refractivity contribution >= 4 is 27.3 Å². The van der Waals surface area contributed by atoms with Crippen LogP contribution >= 0.6 is 0 Å². The van der Waals surface area contributed by atoms with E-state index in [4.69, 9.17) is 0 Å². The maximum absolute atomic E-state index is 12.2. The molecule has 0 radical (unpaired) electrons. The first-order valence-electron chi connectivity index (χ1n) is 8.23. The van der Waals surface area contributed by atoms with Crippen LogP contribution in [0.1, 0.15) is 5.56 Å². The van der Waals surface area contributed by atoms with Crippen LogP contribution < -0.4 is 10.6 Å². The van der Waals surface area contributed by atoms with E-state index in [1.807, 2.05) is 72.8 Å². The highest BCUT2D eigenvalue weighted by molar-refractivity contribution is 6.21. The molecule has 5 rings (SSSR count). The Hall–Kier alpha value is -3.39. The molecule has 2 nitrogen and oxygen atoms in total. The van der Waals surface area contributed by atoms with E-state index in [1.54, 1.807) is 6.07 Å². The van der Waals surface area contributed by atoms with Gasteiger partial charge in [-0.1, -0.05) is 60.7 Å². The molecule has 0 atom stereocenters. The Morgan fingerprint density at radius 2 is 1.48 bits per heavy atom. The van der Waals surface area contributed by atoms with Gasteiger partial charge in [-0.3, -0.25) is 4.79 Å². The minimum atomic E-state index is 0.0484. The van der Waals surface area contributed by atoms with Crippen LogP contribution in [0.3, 0.4) is 0 Å². The van der Waals surface area contributed by atoms with Gasteiger partial charge < -0.3 is 5.11 Å². The minimum Gasteiger partial charge on any atom is -0.507 e. The van der Waals surface area contributed by atoms with Gasteiger partial charge >= 0.3 is 0 Å². The predicted octanol–water partition coefficient (Wildman–Crippen LogP) is 4.33. The summed E-state index contributed by atoms with van der Waals surface area (Å²) in [6, 6.07) is 24.9. The van der Waals surface area contributed by atoms with Crippen LogP contribution in [0.2, 0.25) is 0 Å². The second-order valence-electron chi connectivity index (χ2n) is 6.31. The molecule has 1 N–H and O–H groups in total. The Balaban J connectivity index is 1.93. The average molecular weight is 322 g/mol. The van der Waals surface area contributed by atoms with E-state index in [2.05, 4.69) is 0 Å². The summed E-state index contributed by atoms with van der Waals surface area (Å²) < 4.78 is 0. The Morgan fingerprint density at radius 3 is 2.32 bits per heavy atom. The first kappa shape index (κ1) is 14.0. The van der Waals surface area contributed by atoms with Crippen molar-refractivity contribution in [3.8, 4) is 11.1 Å². The zero-order valence-corrected chi connectivity index (χ0v) is 13.4. The lowest BCUT2D eigenvalue weighted by molar-refractivity contribution is 0.507. The molecule has 0 unspecified atom stereocenters. The van der Waals surface area contributed by atoms with Crippen molar-refractivity contribution in [1.82, 2.24) is 0 Å². The first-order chi connectivity index (χ1) is 12.2. The van der Waals surface area contributed by atoms with Crippen molar-refractivity contribution in [2.24, 2.45) is 0 Å². The number of fused-ring (bicyclic) bond motifs is 3. The maximum atomic E-state index is 12.2. The van der Waals surface area contributed by atoms with Crippen LogP contribution in [0, 0.1) is 0 Å². The molecule has 0 bridgehead atoms. The van der Waals surface area contributed by atoms with E-state index in [9.17, 15) is 9.90 Å². The summed E-state index contributed by atoms with van der Waals surface area (Å²) in [7, 11) is 0. The molecule has 118 valence electrons. The lowest BCUT2D eigenvalue weighted by Crippen LogP contribution is -2.05. The molecule has 0 aromatic heterocycles. The summed E-state index contributed by atoms with van der Waals surface area (Å²) in [6.07, 6.45) is 0. The van der Waals surface area contributed by atoms with Gasteiger partial charge in [0, 0.05) is 21.7 Å². The second kappa shape index (κ2) is 5.05. The minimum absolute atomic E-state index is 0.0484. The summed E-state index contributed by atoms with van der Waals surface area (Å²) in [5, 5.41) is 15.4. The molecule has 0 heterocycles. The Labute approximate surface area is 143 Å².